The van der Waals surface area contributed by atoms with E-state index in [4.69, 9.17) is 9.84 Å². The normalized spacial score (nSPS) is 25.2. The highest BCUT2D eigenvalue weighted by Gasteiger charge is 2.34. The van der Waals surface area contributed by atoms with Crippen LogP contribution in [0.15, 0.2) is 0 Å². The minimum absolute atomic E-state index is 0.371. The lowest BCUT2D eigenvalue weighted by Gasteiger charge is -2.22. The van der Waals surface area contributed by atoms with Crippen molar-refractivity contribution >= 4 is 12.1 Å². The van der Waals surface area contributed by atoms with Crippen LogP contribution in [0.4, 0.5) is 4.79 Å². The third kappa shape index (κ3) is 3.69. The van der Waals surface area contributed by atoms with Crippen LogP contribution in [0.5, 0.6) is 0 Å². The van der Waals surface area contributed by atoms with Crippen LogP contribution in [0.25, 0.3) is 0 Å². The Morgan fingerprint density at radius 3 is 2.50 bits per heavy atom. The number of aliphatic carboxylic acids is 1. The van der Waals surface area contributed by atoms with Gasteiger partial charge in [-0.1, -0.05) is 0 Å². The number of hydrogen-bond acceptors (Lipinski definition) is 4. The second-order valence-electron chi connectivity index (χ2n) is 4.86. The van der Waals surface area contributed by atoms with Crippen LogP contribution in [0.1, 0.15) is 20.8 Å². The van der Waals surface area contributed by atoms with Crippen LogP contribution in [0.3, 0.4) is 0 Å². The first-order valence-electron chi connectivity index (χ1n) is 5.22. The highest BCUT2D eigenvalue weighted by molar-refractivity contribution is 5.74. The first kappa shape index (κ1) is 12.8. The maximum atomic E-state index is 11.4. The molecule has 0 unspecified atom stereocenters. The van der Waals surface area contributed by atoms with Gasteiger partial charge < -0.3 is 20.5 Å². The number of hydrogen-bond donors (Lipinski definition) is 3. The summed E-state index contributed by atoms with van der Waals surface area (Å²) in [5.41, 5.74) is -0.575. The molecular formula is C10H18N2O4. The number of rotatable bonds is 2. The fourth-order valence-electron chi connectivity index (χ4n) is 1.55. The second kappa shape index (κ2) is 4.69. The fraction of sp³-hybridized carbons (Fsp3) is 0.800. The molecule has 1 aliphatic heterocycles. The van der Waals surface area contributed by atoms with Crippen molar-refractivity contribution in [2.24, 2.45) is 5.92 Å². The van der Waals surface area contributed by atoms with E-state index in [0.29, 0.717) is 13.1 Å². The van der Waals surface area contributed by atoms with Crippen molar-refractivity contribution < 1.29 is 19.4 Å². The molecule has 1 fully saturated rings. The van der Waals surface area contributed by atoms with E-state index < -0.39 is 29.6 Å². The van der Waals surface area contributed by atoms with Gasteiger partial charge in [-0.05, 0) is 20.8 Å². The van der Waals surface area contributed by atoms with E-state index in [-0.39, 0.29) is 0 Å². The van der Waals surface area contributed by atoms with Crippen molar-refractivity contribution in [3.8, 4) is 0 Å². The zero-order chi connectivity index (χ0) is 12.3. The van der Waals surface area contributed by atoms with Crippen LogP contribution >= 0.6 is 0 Å². The second-order valence-corrected chi connectivity index (χ2v) is 4.86. The maximum Gasteiger partial charge on any atom is 0.407 e. The monoisotopic (exact) mass is 230 g/mol. The van der Waals surface area contributed by atoms with Crippen molar-refractivity contribution in [2.75, 3.05) is 13.1 Å². The van der Waals surface area contributed by atoms with Crippen LogP contribution in [0, 0.1) is 5.92 Å². The van der Waals surface area contributed by atoms with Crippen LogP contribution in [-0.2, 0) is 9.53 Å². The number of nitrogens with one attached hydrogen (secondary N) is 2. The summed E-state index contributed by atoms with van der Waals surface area (Å²) in [6.45, 7) is 6.10. The zero-order valence-electron chi connectivity index (χ0n) is 9.74. The molecule has 3 N–H and O–H groups in total. The molecular weight excluding hydrogens is 212 g/mol. The number of carbonyl (C=O) groups is 2. The average Bonchev–Trinajstić information content (AvgIpc) is 2.47. The first-order valence-corrected chi connectivity index (χ1v) is 5.22. The minimum atomic E-state index is -0.911. The number of ether oxygens (including phenoxy) is 1. The van der Waals surface area contributed by atoms with Gasteiger partial charge in [0.1, 0.15) is 5.60 Å². The van der Waals surface area contributed by atoms with Gasteiger partial charge in [-0.2, -0.15) is 0 Å². The minimum Gasteiger partial charge on any atom is -0.481 e. The smallest absolute Gasteiger partial charge is 0.407 e. The summed E-state index contributed by atoms with van der Waals surface area (Å²) in [4.78, 5) is 22.3. The van der Waals surface area contributed by atoms with E-state index >= 15 is 0 Å². The van der Waals surface area contributed by atoms with E-state index in [1.807, 2.05) is 0 Å². The summed E-state index contributed by atoms with van der Waals surface area (Å²) in [6.07, 6.45) is -0.576. The van der Waals surface area contributed by atoms with Crippen LogP contribution in [-0.4, -0.2) is 41.9 Å². The molecule has 0 radical (unpaired) electrons. The van der Waals surface area contributed by atoms with Crippen molar-refractivity contribution in [1.29, 1.82) is 0 Å². The average molecular weight is 230 g/mol. The molecule has 92 valence electrons. The molecule has 0 aromatic rings. The number of carboxylic acid groups (broad SMARTS) is 1. The molecule has 0 saturated carbocycles. The molecule has 16 heavy (non-hydrogen) atoms. The lowest BCUT2D eigenvalue weighted by Crippen LogP contribution is -2.45. The van der Waals surface area contributed by atoms with Gasteiger partial charge in [0.2, 0.25) is 0 Å². The molecule has 0 spiro atoms. The summed E-state index contributed by atoms with van der Waals surface area (Å²) in [5, 5.41) is 14.4. The first-order chi connectivity index (χ1) is 7.29. The van der Waals surface area contributed by atoms with Gasteiger partial charge in [0, 0.05) is 13.1 Å². The van der Waals surface area contributed by atoms with Crippen LogP contribution < -0.4 is 10.6 Å². The van der Waals surface area contributed by atoms with Gasteiger partial charge in [-0.3, -0.25) is 4.79 Å². The van der Waals surface area contributed by atoms with E-state index in [9.17, 15) is 9.59 Å². The third-order valence-corrected chi connectivity index (χ3v) is 2.23. The Labute approximate surface area is 94.3 Å². The van der Waals surface area contributed by atoms with Crippen molar-refractivity contribution in [3.63, 3.8) is 0 Å². The molecule has 1 heterocycles. The fourth-order valence-corrected chi connectivity index (χ4v) is 1.55. The summed E-state index contributed by atoms with van der Waals surface area (Å²) in [5.74, 6) is -1.50. The molecule has 1 saturated heterocycles. The molecule has 1 amide bonds. The van der Waals surface area contributed by atoms with E-state index in [2.05, 4.69) is 10.6 Å². The summed E-state index contributed by atoms with van der Waals surface area (Å²) < 4.78 is 5.06. The Bertz CT molecular complexity index is 285. The highest BCUT2D eigenvalue weighted by atomic mass is 16.6. The zero-order valence-corrected chi connectivity index (χ0v) is 9.74. The summed E-state index contributed by atoms with van der Waals surface area (Å²) in [7, 11) is 0. The Balaban J connectivity index is 2.47. The molecule has 0 bridgehead atoms. The summed E-state index contributed by atoms with van der Waals surface area (Å²) in [6, 6.07) is -0.410. The number of alkyl carbamates (subject to hydrolysis) is 1. The van der Waals surface area contributed by atoms with Gasteiger partial charge in [-0.15, -0.1) is 0 Å². The maximum absolute atomic E-state index is 11.4. The molecule has 2 atom stereocenters. The largest absolute Gasteiger partial charge is 0.481 e. The van der Waals surface area contributed by atoms with Crippen molar-refractivity contribution in [3.05, 3.63) is 0 Å². The Hall–Kier alpha value is -1.30. The lowest BCUT2D eigenvalue weighted by molar-refractivity contribution is -0.141. The molecule has 6 nitrogen and oxygen atoms in total. The van der Waals surface area contributed by atoms with E-state index in [1.165, 1.54) is 0 Å². The standard InChI is InChI=1S/C10H18N2O4/c1-10(2,3)16-9(15)12-7-5-11-4-6(7)8(13)14/h6-7,11H,4-5H2,1-3H3,(H,12,15)(H,13,14)/t6-,7+/m1/s1. The summed E-state index contributed by atoms with van der Waals surface area (Å²) >= 11 is 0. The van der Waals surface area contributed by atoms with Gasteiger partial charge in [-0.25, -0.2) is 4.79 Å². The van der Waals surface area contributed by atoms with Crippen molar-refractivity contribution in [1.82, 2.24) is 10.6 Å². The van der Waals surface area contributed by atoms with Crippen molar-refractivity contribution in [2.45, 2.75) is 32.4 Å². The van der Waals surface area contributed by atoms with E-state index in [1.54, 1.807) is 20.8 Å². The predicted octanol–water partition coefficient (Wildman–Crippen LogP) is 0.184. The van der Waals surface area contributed by atoms with Gasteiger partial charge in [0.05, 0.1) is 12.0 Å². The predicted molar refractivity (Wildman–Crippen MR) is 57.2 cm³/mol. The highest BCUT2D eigenvalue weighted by Crippen LogP contribution is 2.11. The topological polar surface area (TPSA) is 87.7 Å². The molecule has 0 aromatic heterocycles. The quantitative estimate of drug-likeness (QED) is 0.630. The van der Waals surface area contributed by atoms with Crippen LogP contribution in [0.2, 0.25) is 0 Å². The third-order valence-electron chi connectivity index (χ3n) is 2.23. The lowest BCUT2D eigenvalue weighted by atomic mass is 10.0. The molecule has 0 aliphatic carbocycles. The Kier molecular flexibility index (Phi) is 3.74. The van der Waals surface area contributed by atoms with Gasteiger partial charge >= 0.3 is 12.1 Å². The van der Waals surface area contributed by atoms with E-state index in [0.717, 1.165) is 0 Å². The molecule has 6 heteroatoms. The Morgan fingerprint density at radius 2 is 2.00 bits per heavy atom. The SMILES string of the molecule is CC(C)(C)OC(=O)N[C@H]1CNC[C@H]1C(=O)O. The number of carboxylic acids is 1. The van der Waals surface area contributed by atoms with Gasteiger partial charge in [0.25, 0.3) is 0 Å². The molecule has 0 aromatic carbocycles. The van der Waals surface area contributed by atoms with Gasteiger partial charge in [0.15, 0.2) is 0 Å². The number of carbonyl (C=O) groups excluding carboxylic acids is 1. The number of amides is 1. The Morgan fingerprint density at radius 1 is 1.38 bits per heavy atom. The molecule has 1 aliphatic rings. The molecule has 1 rings (SSSR count).